The van der Waals surface area contributed by atoms with E-state index in [0.717, 1.165) is 24.8 Å². The van der Waals surface area contributed by atoms with E-state index in [-0.39, 0.29) is 31.0 Å². The Labute approximate surface area is 192 Å². The molecule has 3 N–H and O–H groups in total. The van der Waals surface area contributed by atoms with Gasteiger partial charge in [-0.3, -0.25) is 24.0 Å². The molecule has 2 heterocycles. The van der Waals surface area contributed by atoms with E-state index in [9.17, 15) is 22.8 Å². The second kappa shape index (κ2) is 9.24. The number of piperazine rings is 1. The highest BCUT2D eigenvalue weighted by Gasteiger charge is 2.31. The largest absolute Gasteiger partial charge is 0.384 e. The van der Waals surface area contributed by atoms with Gasteiger partial charge in [-0.15, -0.1) is 0 Å². The number of Topliss-reactive ketones (excluding diaryl/α,β-unsaturated/α-hetero) is 1. The summed E-state index contributed by atoms with van der Waals surface area (Å²) in [5.74, 6) is -0.623. The molecule has 178 valence electrons. The number of aromatic amines is 1. The maximum atomic E-state index is 13.1. The quantitative estimate of drug-likeness (QED) is 0.546. The summed E-state index contributed by atoms with van der Waals surface area (Å²) in [6, 6.07) is 5.37. The van der Waals surface area contributed by atoms with E-state index in [4.69, 9.17) is 5.73 Å². The van der Waals surface area contributed by atoms with Crippen LogP contribution in [0.15, 0.2) is 32.7 Å². The summed E-state index contributed by atoms with van der Waals surface area (Å²) >= 11 is 0. The molecule has 1 aromatic carbocycles. The van der Waals surface area contributed by atoms with Crippen LogP contribution < -0.4 is 17.0 Å². The third-order valence-corrected chi connectivity index (χ3v) is 8.27. The zero-order chi connectivity index (χ0) is 23.8. The molecule has 0 bridgehead atoms. The molecule has 1 aliphatic carbocycles. The van der Waals surface area contributed by atoms with Gasteiger partial charge < -0.3 is 5.73 Å². The number of H-pyrrole nitrogens is 1. The van der Waals surface area contributed by atoms with Crippen LogP contribution in [0.5, 0.6) is 0 Å². The number of fused-ring (bicyclic) bond motifs is 1. The summed E-state index contributed by atoms with van der Waals surface area (Å²) < 4.78 is 28.8. The van der Waals surface area contributed by atoms with Crippen LogP contribution in [0.1, 0.15) is 41.3 Å². The fourth-order valence-electron chi connectivity index (χ4n) is 4.57. The maximum absolute atomic E-state index is 13.1. The van der Waals surface area contributed by atoms with Crippen LogP contribution >= 0.6 is 0 Å². The predicted octanol–water partition coefficient (Wildman–Crippen LogP) is 0.207. The third kappa shape index (κ3) is 4.53. The molecule has 1 aromatic heterocycles. The zero-order valence-electron chi connectivity index (χ0n) is 18.7. The van der Waals surface area contributed by atoms with Crippen molar-refractivity contribution in [3.63, 3.8) is 0 Å². The van der Waals surface area contributed by atoms with E-state index in [0.29, 0.717) is 31.0 Å². The Morgan fingerprint density at radius 2 is 1.79 bits per heavy atom. The second-order valence-electron chi connectivity index (χ2n) is 8.56. The number of rotatable bonds is 7. The number of carbonyl (C=O) groups is 1. The first-order valence-electron chi connectivity index (χ1n) is 11.2. The lowest BCUT2D eigenvalue weighted by Crippen LogP contribution is -2.50. The zero-order valence-corrected chi connectivity index (χ0v) is 19.5. The van der Waals surface area contributed by atoms with Gasteiger partial charge in [0.05, 0.1) is 11.4 Å². The Balaban J connectivity index is 1.44. The van der Waals surface area contributed by atoms with E-state index < -0.39 is 27.1 Å². The number of anilines is 1. The number of ketones is 1. The van der Waals surface area contributed by atoms with Crippen molar-refractivity contribution in [2.75, 3.05) is 38.5 Å². The molecule has 0 saturated carbocycles. The van der Waals surface area contributed by atoms with Gasteiger partial charge in [-0.05, 0) is 48.9 Å². The van der Waals surface area contributed by atoms with E-state index in [1.54, 1.807) is 17.0 Å². The molecular formula is C22H29N5O5S. The van der Waals surface area contributed by atoms with Crippen molar-refractivity contribution in [1.82, 2.24) is 18.8 Å². The molecule has 10 nitrogen and oxygen atoms in total. The molecule has 2 aromatic rings. The Hall–Kier alpha value is -2.76. The van der Waals surface area contributed by atoms with Gasteiger partial charge in [-0.1, -0.05) is 13.0 Å². The fraction of sp³-hybridized carbons (Fsp3) is 0.500. The number of sulfonamides is 1. The molecule has 0 atom stereocenters. The predicted molar refractivity (Wildman–Crippen MR) is 124 cm³/mol. The summed E-state index contributed by atoms with van der Waals surface area (Å²) in [6.07, 6.45) is 3.56. The molecule has 33 heavy (non-hydrogen) atoms. The van der Waals surface area contributed by atoms with Crippen molar-refractivity contribution in [3.8, 4) is 0 Å². The minimum Gasteiger partial charge on any atom is -0.384 e. The molecular weight excluding hydrogens is 446 g/mol. The summed E-state index contributed by atoms with van der Waals surface area (Å²) in [6.45, 7) is 3.26. The van der Waals surface area contributed by atoms with Gasteiger partial charge in [0.15, 0.2) is 5.78 Å². The fourth-order valence-corrected chi connectivity index (χ4v) is 6.04. The first-order valence-corrected chi connectivity index (χ1v) is 12.7. The van der Waals surface area contributed by atoms with Crippen LogP contribution in [-0.2, 0) is 29.4 Å². The summed E-state index contributed by atoms with van der Waals surface area (Å²) in [7, 11) is -3.61. The standard InChI is InChI=1S/C22H29N5O5S/c1-2-8-27-20(23)19(21(29)24-22(27)30)18(28)14-25-9-11-26(12-10-25)33(31,32)17-7-6-15-4-3-5-16(15)13-17/h6-7,13H,2-5,8-12,14,23H2,1H3,(H,24,29,30). The Morgan fingerprint density at radius 1 is 1.09 bits per heavy atom. The lowest BCUT2D eigenvalue weighted by Gasteiger charge is -2.33. The highest BCUT2D eigenvalue weighted by Crippen LogP contribution is 2.26. The lowest BCUT2D eigenvalue weighted by atomic mass is 10.1. The third-order valence-electron chi connectivity index (χ3n) is 6.37. The Kier molecular flexibility index (Phi) is 6.55. The lowest BCUT2D eigenvalue weighted by molar-refractivity contribution is 0.0900. The molecule has 0 amide bonds. The van der Waals surface area contributed by atoms with E-state index in [1.807, 2.05) is 13.0 Å². The number of aromatic nitrogens is 2. The minimum atomic E-state index is -3.61. The average Bonchev–Trinajstić information content (AvgIpc) is 3.25. The number of nitrogens with one attached hydrogen (secondary N) is 1. The van der Waals surface area contributed by atoms with Crippen LogP contribution in [0.25, 0.3) is 0 Å². The number of nitrogens with zero attached hydrogens (tertiary/aromatic N) is 3. The van der Waals surface area contributed by atoms with Crippen LogP contribution in [0, 0.1) is 0 Å². The number of aryl methyl sites for hydroxylation is 2. The molecule has 0 unspecified atom stereocenters. The number of hydrogen-bond acceptors (Lipinski definition) is 7. The normalized spacial score (nSPS) is 17.2. The maximum Gasteiger partial charge on any atom is 0.329 e. The van der Waals surface area contributed by atoms with Crippen molar-refractivity contribution >= 4 is 21.6 Å². The molecule has 1 fully saturated rings. The number of nitrogen functional groups attached to an aromatic ring is 1. The molecule has 2 aliphatic rings. The topological polar surface area (TPSA) is 139 Å². The molecule has 0 spiro atoms. The summed E-state index contributed by atoms with van der Waals surface area (Å²) in [5.41, 5.74) is 6.64. The van der Waals surface area contributed by atoms with Gasteiger partial charge >= 0.3 is 5.69 Å². The number of nitrogens with two attached hydrogens (primary N) is 1. The Morgan fingerprint density at radius 3 is 2.48 bits per heavy atom. The summed E-state index contributed by atoms with van der Waals surface area (Å²) in [5, 5.41) is 0. The average molecular weight is 476 g/mol. The van der Waals surface area contributed by atoms with E-state index >= 15 is 0 Å². The molecule has 0 radical (unpaired) electrons. The highest BCUT2D eigenvalue weighted by molar-refractivity contribution is 7.89. The molecule has 1 saturated heterocycles. The van der Waals surface area contributed by atoms with Gasteiger partial charge in [-0.25, -0.2) is 13.2 Å². The Bertz CT molecular complexity index is 1290. The molecule has 4 rings (SSSR count). The van der Waals surface area contributed by atoms with Crippen molar-refractivity contribution < 1.29 is 13.2 Å². The van der Waals surface area contributed by atoms with E-state index in [2.05, 4.69) is 4.98 Å². The summed E-state index contributed by atoms with van der Waals surface area (Å²) in [4.78, 5) is 41.3. The van der Waals surface area contributed by atoms with Crippen molar-refractivity contribution in [2.45, 2.75) is 44.0 Å². The van der Waals surface area contributed by atoms with Crippen LogP contribution in [0.4, 0.5) is 5.82 Å². The van der Waals surface area contributed by atoms with E-state index in [1.165, 1.54) is 14.4 Å². The monoisotopic (exact) mass is 475 g/mol. The van der Waals surface area contributed by atoms with Crippen molar-refractivity contribution in [3.05, 3.63) is 55.7 Å². The highest BCUT2D eigenvalue weighted by atomic mass is 32.2. The van der Waals surface area contributed by atoms with Crippen LogP contribution in [0.2, 0.25) is 0 Å². The van der Waals surface area contributed by atoms with Gasteiger partial charge in [0.25, 0.3) is 5.56 Å². The van der Waals surface area contributed by atoms with Crippen LogP contribution in [-0.4, -0.2) is 65.7 Å². The van der Waals surface area contributed by atoms with Crippen molar-refractivity contribution in [2.24, 2.45) is 0 Å². The number of hydrogen-bond donors (Lipinski definition) is 2. The smallest absolute Gasteiger partial charge is 0.329 e. The second-order valence-corrected chi connectivity index (χ2v) is 10.5. The van der Waals surface area contributed by atoms with Gasteiger partial charge in [0.2, 0.25) is 10.0 Å². The van der Waals surface area contributed by atoms with Crippen LogP contribution in [0.3, 0.4) is 0 Å². The molecule has 1 aliphatic heterocycles. The molecule has 11 heteroatoms. The van der Waals surface area contributed by atoms with Gasteiger partial charge in [0, 0.05) is 32.7 Å². The first-order chi connectivity index (χ1) is 15.7. The number of benzene rings is 1. The SMILES string of the molecule is CCCn1c(N)c(C(=O)CN2CCN(S(=O)(=O)c3ccc4c(c3)CCC4)CC2)c(=O)[nH]c1=O. The van der Waals surface area contributed by atoms with Gasteiger partial charge in [0.1, 0.15) is 11.4 Å². The number of carbonyl (C=O) groups excluding carboxylic acids is 1. The van der Waals surface area contributed by atoms with Crippen molar-refractivity contribution in [1.29, 1.82) is 0 Å². The first kappa shape index (κ1) is 23.4. The minimum absolute atomic E-state index is 0.0790. The van der Waals surface area contributed by atoms with Gasteiger partial charge in [-0.2, -0.15) is 4.31 Å².